The molecule has 120 valence electrons. The van der Waals surface area contributed by atoms with Gasteiger partial charge in [0, 0.05) is 23.7 Å². The number of aromatic nitrogens is 2. The van der Waals surface area contributed by atoms with Gasteiger partial charge in [0.15, 0.2) is 0 Å². The monoisotopic (exact) mass is 330 g/mol. The van der Waals surface area contributed by atoms with Gasteiger partial charge in [-0.3, -0.25) is 4.79 Å². The molecule has 0 radical (unpaired) electrons. The van der Waals surface area contributed by atoms with E-state index in [4.69, 9.17) is 11.6 Å². The zero-order valence-electron chi connectivity index (χ0n) is 13.0. The summed E-state index contributed by atoms with van der Waals surface area (Å²) in [6.45, 7) is 2.34. The lowest BCUT2D eigenvalue weighted by atomic mass is 10.1. The van der Waals surface area contributed by atoms with Gasteiger partial charge in [0.25, 0.3) is 5.91 Å². The molecule has 0 atom stereocenters. The zero-order chi connectivity index (χ0) is 16.2. The van der Waals surface area contributed by atoms with Crippen LogP contribution in [0.15, 0.2) is 30.3 Å². The number of nitrogens with one attached hydrogen (secondary N) is 2. The number of hydrogen-bond acceptors (Lipinski definition) is 4. The van der Waals surface area contributed by atoms with Crippen molar-refractivity contribution < 1.29 is 4.79 Å². The number of carbonyl (C=O) groups is 1. The number of halogens is 1. The lowest BCUT2D eigenvalue weighted by Gasteiger charge is -2.08. The van der Waals surface area contributed by atoms with E-state index in [1.54, 1.807) is 13.0 Å². The molecule has 5 nitrogen and oxygen atoms in total. The first-order chi connectivity index (χ1) is 11.1. The maximum Gasteiger partial charge on any atom is 0.270 e. The third-order valence-corrected chi connectivity index (χ3v) is 3.86. The van der Waals surface area contributed by atoms with E-state index in [9.17, 15) is 4.79 Å². The Balaban J connectivity index is 1.56. The van der Waals surface area contributed by atoms with Gasteiger partial charge < -0.3 is 10.6 Å². The standard InChI is InChI=1S/C17H19ClN4O/c1-11-20-15(10-16(21-11)22-14-6-7-14)17(23)19-9-8-12-2-4-13(18)5-3-12/h2-5,10,14H,6-9H2,1H3,(H,19,23)(H,20,21,22). The second kappa shape index (κ2) is 6.96. The average molecular weight is 331 g/mol. The molecular weight excluding hydrogens is 312 g/mol. The predicted octanol–water partition coefficient (Wildman–Crippen LogP) is 2.99. The Labute approximate surface area is 140 Å². The summed E-state index contributed by atoms with van der Waals surface area (Å²) in [4.78, 5) is 20.8. The highest BCUT2D eigenvalue weighted by atomic mass is 35.5. The van der Waals surface area contributed by atoms with Crippen LogP contribution in [0.3, 0.4) is 0 Å². The Hall–Kier alpha value is -2.14. The first-order valence-electron chi connectivity index (χ1n) is 7.75. The normalized spacial score (nSPS) is 13.7. The number of amides is 1. The van der Waals surface area contributed by atoms with Crippen molar-refractivity contribution in [2.45, 2.75) is 32.2 Å². The van der Waals surface area contributed by atoms with Crippen LogP contribution in [0.4, 0.5) is 5.82 Å². The molecule has 1 aromatic heterocycles. The molecule has 0 unspecified atom stereocenters. The third kappa shape index (κ3) is 4.66. The molecule has 2 N–H and O–H groups in total. The Morgan fingerprint density at radius 3 is 2.70 bits per heavy atom. The number of nitrogens with zero attached hydrogens (tertiary/aromatic N) is 2. The minimum atomic E-state index is -0.177. The number of carbonyl (C=O) groups excluding carboxylic acids is 1. The molecule has 0 spiro atoms. The molecule has 0 saturated heterocycles. The fourth-order valence-corrected chi connectivity index (χ4v) is 2.38. The summed E-state index contributed by atoms with van der Waals surface area (Å²) in [5, 5.41) is 6.90. The second-order valence-corrected chi connectivity index (χ2v) is 6.17. The Morgan fingerprint density at radius 1 is 1.26 bits per heavy atom. The smallest absolute Gasteiger partial charge is 0.270 e. The summed E-state index contributed by atoms with van der Waals surface area (Å²) >= 11 is 5.86. The lowest BCUT2D eigenvalue weighted by Crippen LogP contribution is -2.27. The predicted molar refractivity (Wildman–Crippen MR) is 90.9 cm³/mol. The molecule has 1 aliphatic carbocycles. The minimum Gasteiger partial charge on any atom is -0.367 e. The molecule has 1 saturated carbocycles. The molecule has 23 heavy (non-hydrogen) atoms. The number of aryl methyl sites for hydroxylation is 1. The molecule has 1 aliphatic rings. The van der Waals surface area contributed by atoms with Crippen molar-refractivity contribution in [3.8, 4) is 0 Å². The summed E-state index contributed by atoms with van der Waals surface area (Å²) in [6.07, 6.45) is 3.07. The second-order valence-electron chi connectivity index (χ2n) is 5.74. The van der Waals surface area contributed by atoms with Crippen LogP contribution >= 0.6 is 11.6 Å². The van der Waals surface area contributed by atoms with Crippen LogP contribution in [-0.4, -0.2) is 28.5 Å². The first-order valence-corrected chi connectivity index (χ1v) is 8.13. The van der Waals surface area contributed by atoms with Crippen molar-refractivity contribution in [3.05, 3.63) is 52.4 Å². The Morgan fingerprint density at radius 2 is 2.00 bits per heavy atom. The van der Waals surface area contributed by atoms with Gasteiger partial charge >= 0.3 is 0 Å². The van der Waals surface area contributed by atoms with Crippen molar-refractivity contribution >= 4 is 23.3 Å². The van der Waals surface area contributed by atoms with E-state index in [1.807, 2.05) is 24.3 Å². The van der Waals surface area contributed by atoms with E-state index in [0.29, 0.717) is 29.1 Å². The molecule has 1 fully saturated rings. The summed E-state index contributed by atoms with van der Waals surface area (Å²) in [5.74, 6) is 1.14. The maximum absolute atomic E-state index is 12.2. The van der Waals surface area contributed by atoms with Crippen LogP contribution in [-0.2, 0) is 6.42 Å². The van der Waals surface area contributed by atoms with E-state index in [0.717, 1.165) is 30.6 Å². The van der Waals surface area contributed by atoms with Gasteiger partial charge in [-0.1, -0.05) is 23.7 Å². The van der Waals surface area contributed by atoms with Gasteiger partial charge in [0.05, 0.1) is 0 Å². The number of rotatable bonds is 6. The number of anilines is 1. The Bertz CT molecular complexity index is 698. The third-order valence-electron chi connectivity index (χ3n) is 3.61. The van der Waals surface area contributed by atoms with Gasteiger partial charge in [-0.25, -0.2) is 9.97 Å². The summed E-state index contributed by atoms with van der Waals surface area (Å²) in [5.41, 5.74) is 1.53. The van der Waals surface area contributed by atoms with E-state index < -0.39 is 0 Å². The molecular formula is C17H19ClN4O. The number of benzene rings is 1. The quantitative estimate of drug-likeness (QED) is 0.854. The highest BCUT2D eigenvalue weighted by Gasteiger charge is 2.22. The molecule has 0 bridgehead atoms. The molecule has 1 aromatic carbocycles. The van der Waals surface area contributed by atoms with Crippen molar-refractivity contribution in [3.63, 3.8) is 0 Å². The highest BCUT2D eigenvalue weighted by Crippen LogP contribution is 2.23. The summed E-state index contributed by atoms with van der Waals surface area (Å²) in [6, 6.07) is 9.82. The topological polar surface area (TPSA) is 66.9 Å². The average Bonchev–Trinajstić information content (AvgIpc) is 3.32. The van der Waals surface area contributed by atoms with Gasteiger partial charge in [0.1, 0.15) is 17.3 Å². The summed E-state index contributed by atoms with van der Waals surface area (Å²) in [7, 11) is 0. The fourth-order valence-electron chi connectivity index (χ4n) is 2.26. The van der Waals surface area contributed by atoms with Gasteiger partial charge in [-0.05, 0) is 43.9 Å². The van der Waals surface area contributed by atoms with Crippen LogP contribution in [0.2, 0.25) is 5.02 Å². The van der Waals surface area contributed by atoms with Crippen LogP contribution < -0.4 is 10.6 Å². The zero-order valence-corrected chi connectivity index (χ0v) is 13.7. The molecule has 2 aromatic rings. The van der Waals surface area contributed by atoms with Crippen LogP contribution in [0, 0.1) is 6.92 Å². The van der Waals surface area contributed by atoms with Crippen molar-refractivity contribution in [1.29, 1.82) is 0 Å². The fraction of sp³-hybridized carbons (Fsp3) is 0.353. The lowest BCUT2D eigenvalue weighted by molar-refractivity contribution is 0.0949. The van der Waals surface area contributed by atoms with Crippen LogP contribution in [0.5, 0.6) is 0 Å². The van der Waals surface area contributed by atoms with E-state index in [1.165, 1.54) is 0 Å². The SMILES string of the molecule is Cc1nc(NC2CC2)cc(C(=O)NCCc2ccc(Cl)cc2)n1. The largest absolute Gasteiger partial charge is 0.367 e. The first kappa shape index (κ1) is 15.7. The highest BCUT2D eigenvalue weighted by molar-refractivity contribution is 6.30. The molecule has 6 heteroatoms. The molecule has 1 amide bonds. The molecule has 1 heterocycles. The van der Waals surface area contributed by atoms with E-state index in [2.05, 4.69) is 20.6 Å². The maximum atomic E-state index is 12.2. The van der Waals surface area contributed by atoms with Crippen LogP contribution in [0.25, 0.3) is 0 Å². The van der Waals surface area contributed by atoms with Gasteiger partial charge in [-0.15, -0.1) is 0 Å². The Kier molecular flexibility index (Phi) is 4.76. The van der Waals surface area contributed by atoms with E-state index in [-0.39, 0.29) is 5.91 Å². The minimum absolute atomic E-state index is 0.177. The van der Waals surface area contributed by atoms with Crippen molar-refractivity contribution in [1.82, 2.24) is 15.3 Å². The van der Waals surface area contributed by atoms with E-state index >= 15 is 0 Å². The van der Waals surface area contributed by atoms with Crippen LogP contribution in [0.1, 0.15) is 34.7 Å². The molecule has 0 aliphatic heterocycles. The summed E-state index contributed by atoms with van der Waals surface area (Å²) < 4.78 is 0. The van der Waals surface area contributed by atoms with Crippen molar-refractivity contribution in [2.75, 3.05) is 11.9 Å². The van der Waals surface area contributed by atoms with Crippen molar-refractivity contribution in [2.24, 2.45) is 0 Å². The van der Waals surface area contributed by atoms with Gasteiger partial charge in [0.2, 0.25) is 0 Å². The number of hydrogen-bond donors (Lipinski definition) is 2. The van der Waals surface area contributed by atoms with Gasteiger partial charge in [-0.2, -0.15) is 0 Å². The molecule has 3 rings (SSSR count).